The van der Waals surface area contributed by atoms with Crippen molar-refractivity contribution in [2.24, 2.45) is 0 Å². The highest BCUT2D eigenvalue weighted by molar-refractivity contribution is 8.01. The predicted octanol–water partition coefficient (Wildman–Crippen LogP) is 3.03. The first-order valence-electron chi connectivity index (χ1n) is 5.51. The summed E-state index contributed by atoms with van der Waals surface area (Å²) >= 11 is 8.31. The Hall–Kier alpha value is -1.38. The van der Waals surface area contributed by atoms with Crippen LogP contribution in [0.4, 0.5) is 15.2 Å². The van der Waals surface area contributed by atoms with Gasteiger partial charge in [0.25, 0.3) is 0 Å². The normalized spacial score (nSPS) is 10.5. The van der Waals surface area contributed by atoms with Gasteiger partial charge in [-0.05, 0) is 18.2 Å². The summed E-state index contributed by atoms with van der Waals surface area (Å²) in [6.45, 7) is 0. The zero-order chi connectivity index (χ0) is 14.5. The van der Waals surface area contributed by atoms with Gasteiger partial charge in [-0.3, -0.25) is 4.79 Å². The van der Waals surface area contributed by atoms with E-state index in [1.807, 2.05) is 0 Å². The van der Waals surface area contributed by atoms with E-state index in [9.17, 15) is 9.18 Å². The van der Waals surface area contributed by atoms with Gasteiger partial charge in [0.2, 0.25) is 11.0 Å². The molecule has 5 nitrogen and oxygen atoms in total. The van der Waals surface area contributed by atoms with Crippen molar-refractivity contribution in [2.45, 2.75) is 10.8 Å². The van der Waals surface area contributed by atoms with Crippen molar-refractivity contribution >= 4 is 51.4 Å². The van der Waals surface area contributed by atoms with Gasteiger partial charge in [-0.25, -0.2) is 4.39 Å². The number of nitrogens with zero attached hydrogens (tertiary/aromatic N) is 2. The summed E-state index contributed by atoms with van der Waals surface area (Å²) in [5, 5.41) is 10.5. The third kappa shape index (κ3) is 4.32. The maximum Gasteiger partial charge on any atom is 0.225 e. The van der Waals surface area contributed by atoms with Gasteiger partial charge in [-0.15, -0.1) is 10.2 Å². The summed E-state index contributed by atoms with van der Waals surface area (Å²) in [7, 11) is 0. The molecule has 1 aromatic heterocycles. The van der Waals surface area contributed by atoms with Crippen molar-refractivity contribution in [2.75, 3.05) is 16.8 Å². The number of amides is 1. The van der Waals surface area contributed by atoms with Crippen LogP contribution in [0.3, 0.4) is 0 Å². The highest BCUT2D eigenvalue weighted by Gasteiger charge is 2.07. The minimum atomic E-state index is -0.519. The summed E-state index contributed by atoms with van der Waals surface area (Å²) in [5.74, 6) is -0.151. The average molecular weight is 333 g/mol. The number of halogens is 2. The van der Waals surface area contributed by atoms with E-state index in [1.54, 1.807) is 0 Å². The van der Waals surface area contributed by atoms with Gasteiger partial charge in [0.05, 0.1) is 5.02 Å². The lowest BCUT2D eigenvalue weighted by molar-refractivity contribution is -0.115. The van der Waals surface area contributed by atoms with Gasteiger partial charge in [-0.2, -0.15) is 0 Å². The first kappa shape index (κ1) is 15.0. The van der Waals surface area contributed by atoms with Crippen molar-refractivity contribution < 1.29 is 9.18 Å². The summed E-state index contributed by atoms with van der Waals surface area (Å²) < 4.78 is 13.7. The number of thioether (sulfide) groups is 1. The lowest BCUT2D eigenvalue weighted by atomic mass is 10.3. The molecule has 1 heterocycles. The van der Waals surface area contributed by atoms with Crippen molar-refractivity contribution in [3.05, 3.63) is 29.0 Å². The molecule has 0 saturated carbocycles. The number of nitrogen functional groups attached to an aromatic ring is 1. The Bertz CT molecular complexity index is 622. The number of carbonyl (C=O) groups is 1. The molecule has 0 aliphatic rings. The van der Waals surface area contributed by atoms with Crippen LogP contribution in [-0.2, 0) is 4.79 Å². The highest BCUT2D eigenvalue weighted by atomic mass is 35.5. The molecule has 0 saturated heterocycles. The number of hydrogen-bond acceptors (Lipinski definition) is 6. The number of anilines is 2. The third-order valence-electron chi connectivity index (χ3n) is 2.18. The predicted molar refractivity (Wildman–Crippen MR) is 79.7 cm³/mol. The molecule has 1 amide bonds. The van der Waals surface area contributed by atoms with E-state index in [0.29, 0.717) is 23.0 Å². The second-order valence-electron chi connectivity index (χ2n) is 3.68. The van der Waals surface area contributed by atoms with Crippen LogP contribution in [0, 0.1) is 5.82 Å². The smallest absolute Gasteiger partial charge is 0.225 e. The van der Waals surface area contributed by atoms with Crippen LogP contribution in [0.1, 0.15) is 6.42 Å². The molecule has 0 spiro atoms. The highest BCUT2D eigenvalue weighted by Crippen LogP contribution is 2.24. The van der Waals surface area contributed by atoms with E-state index in [-0.39, 0.29) is 10.9 Å². The average Bonchev–Trinajstić information content (AvgIpc) is 2.80. The summed E-state index contributed by atoms with van der Waals surface area (Å²) in [4.78, 5) is 11.7. The van der Waals surface area contributed by atoms with Crippen LogP contribution in [0.2, 0.25) is 5.02 Å². The number of benzene rings is 1. The van der Waals surface area contributed by atoms with E-state index < -0.39 is 5.82 Å². The van der Waals surface area contributed by atoms with Crippen molar-refractivity contribution in [3.63, 3.8) is 0 Å². The van der Waals surface area contributed by atoms with E-state index in [1.165, 1.54) is 41.3 Å². The standard InChI is InChI=1S/C11H10ClFN4OS2/c12-7-5-6(1-2-8(7)13)15-9(18)3-4-19-11-17-16-10(14)20-11/h1-2,5H,3-4H2,(H2,14,16)(H,15,18). The molecule has 0 aliphatic heterocycles. The van der Waals surface area contributed by atoms with Gasteiger partial charge in [0.15, 0.2) is 4.34 Å². The first-order valence-corrected chi connectivity index (χ1v) is 7.69. The Balaban J connectivity index is 1.79. The van der Waals surface area contributed by atoms with Gasteiger partial charge in [0.1, 0.15) is 5.82 Å². The lowest BCUT2D eigenvalue weighted by Gasteiger charge is -2.05. The molecule has 9 heteroatoms. The monoisotopic (exact) mass is 332 g/mol. The van der Waals surface area contributed by atoms with Crippen molar-refractivity contribution in [3.8, 4) is 0 Å². The third-order valence-corrected chi connectivity index (χ3v) is 4.36. The Morgan fingerprint density at radius 2 is 2.30 bits per heavy atom. The number of aromatic nitrogens is 2. The topological polar surface area (TPSA) is 80.9 Å². The lowest BCUT2D eigenvalue weighted by Crippen LogP contribution is -2.12. The van der Waals surface area contributed by atoms with Gasteiger partial charge >= 0.3 is 0 Å². The Morgan fingerprint density at radius 3 is 2.95 bits per heavy atom. The fourth-order valence-corrected chi connectivity index (χ4v) is 3.13. The maximum absolute atomic E-state index is 13.0. The van der Waals surface area contributed by atoms with Crippen molar-refractivity contribution in [1.82, 2.24) is 10.2 Å². The van der Waals surface area contributed by atoms with E-state index >= 15 is 0 Å². The molecule has 0 atom stereocenters. The fourth-order valence-electron chi connectivity index (χ4n) is 1.31. The second kappa shape index (κ2) is 6.87. The number of nitrogens with two attached hydrogens (primary N) is 1. The largest absolute Gasteiger partial charge is 0.374 e. The number of carbonyl (C=O) groups excluding carboxylic acids is 1. The minimum Gasteiger partial charge on any atom is -0.374 e. The second-order valence-corrected chi connectivity index (χ2v) is 6.44. The molecule has 3 N–H and O–H groups in total. The molecule has 0 fully saturated rings. The molecule has 0 unspecified atom stereocenters. The molecule has 2 aromatic rings. The Labute approximate surface area is 127 Å². The summed E-state index contributed by atoms with van der Waals surface area (Å²) in [6, 6.07) is 4.03. The summed E-state index contributed by atoms with van der Waals surface area (Å²) in [5.41, 5.74) is 5.91. The molecule has 0 bridgehead atoms. The van der Waals surface area contributed by atoms with Crippen LogP contribution < -0.4 is 11.1 Å². The quantitative estimate of drug-likeness (QED) is 0.822. The molecule has 0 radical (unpaired) electrons. The summed E-state index contributed by atoms with van der Waals surface area (Å²) in [6.07, 6.45) is 0.291. The minimum absolute atomic E-state index is 0.0264. The fraction of sp³-hybridized carbons (Fsp3) is 0.182. The number of hydrogen-bond donors (Lipinski definition) is 2. The van der Waals surface area contributed by atoms with Crippen LogP contribution in [0.15, 0.2) is 22.5 Å². The van der Waals surface area contributed by atoms with Crippen LogP contribution >= 0.6 is 34.7 Å². The number of nitrogens with one attached hydrogen (secondary N) is 1. The van der Waals surface area contributed by atoms with Crippen molar-refractivity contribution in [1.29, 1.82) is 0 Å². The van der Waals surface area contributed by atoms with Gasteiger partial charge in [0, 0.05) is 17.9 Å². The molecular formula is C11H10ClFN4OS2. The van der Waals surface area contributed by atoms with Crippen LogP contribution in [-0.4, -0.2) is 21.9 Å². The maximum atomic E-state index is 13.0. The van der Waals surface area contributed by atoms with E-state index in [0.717, 1.165) is 4.34 Å². The molecular weight excluding hydrogens is 323 g/mol. The van der Waals surface area contributed by atoms with Crippen LogP contribution in [0.25, 0.3) is 0 Å². The zero-order valence-corrected chi connectivity index (χ0v) is 12.5. The van der Waals surface area contributed by atoms with E-state index in [2.05, 4.69) is 15.5 Å². The van der Waals surface area contributed by atoms with E-state index in [4.69, 9.17) is 17.3 Å². The molecule has 106 valence electrons. The first-order chi connectivity index (χ1) is 9.54. The van der Waals surface area contributed by atoms with Crippen LogP contribution in [0.5, 0.6) is 0 Å². The molecule has 1 aromatic carbocycles. The SMILES string of the molecule is Nc1nnc(SCCC(=O)Nc2ccc(F)c(Cl)c2)s1. The zero-order valence-electron chi connectivity index (χ0n) is 10.1. The number of rotatable bonds is 5. The molecule has 0 aliphatic carbocycles. The van der Waals surface area contributed by atoms with Gasteiger partial charge < -0.3 is 11.1 Å². The van der Waals surface area contributed by atoms with Gasteiger partial charge in [-0.1, -0.05) is 34.7 Å². The Morgan fingerprint density at radius 1 is 1.50 bits per heavy atom. The molecule has 20 heavy (non-hydrogen) atoms. The molecule has 2 rings (SSSR count). The Kier molecular flexibility index (Phi) is 5.16.